The number of hydrogen-bond donors (Lipinski definition) is 0. The fourth-order valence-electron chi connectivity index (χ4n) is 1.97. The SMILES string of the molecule is CC(Sc1nncn1C1CC1)C(=O)c1ccccc1. The van der Waals surface area contributed by atoms with Crippen molar-refractivity contribution in [3.63, 3.8) is 0 Å². The van der Waals surface area contributed by atoms with Crippen molar-refractivity contribution in [1.82, 2.24) is 14.8 Å². The molecular weight excluding hydrogens is 258 g/mol. The van der Waals surface area contributed by atoms with E-state index in [1.807, 2.05) is 37.3 Å². The number of Topliss-reactive ketones (excluding diaryl/α,β-unsaturated/α-hetero) is 1. The molecule has 98 valence electrons. The minimum absolute atomic E-state index is 0.135. The molecule has 0 N–H and O–H groups in total. The largest absolute Gasteiger partial charge is 0.306 e. The third-order valence-electron chi connectivity index (χ3n) is 3.19. The number of aromatic nitrogens is 3. The molecule has 3 rings (SSSR count). The number of ketones is 1. The van der Waals surface area contributed by atoms with Crippen LogP contribution in [0.4, 0.5) is 0 Å². The Balaban J connectivity index is 1.72. The second-order valence-electron chi connectivity index (χ2n) is 4.74. The summed E-state index contributed by atoms with van der Waals surface area (Å²) in [7, 11) is 0. The van der Waals surface area contributed by atoms with Crippen molar-refractivity contribution in [2.45, 2.75) is 36.2 Å². The molecule has 1 fully saturated rings. The summed E-state index contributed by atoms with van der Waals surface area (Å²) in [6, 6.07) is 9.93. The van der Waals surface area contributed by atoms with Crippen LogP contribution in [-0.4, -0.2) is 25.8 Å². The van der Waals surface area contributed by atoms with Crippen molar-refractivity contribution >= 4 is 17.5 Å². The Labute approximate surface area is 116 Å². The van der Waals surface area contributed by atoms with E-state index in [0.29, 0.717) is 6.04 Å². The average Bonchev–Trinajstić information content (AvgIpc) is 3.19. The number of hydrogen-bond acceptors (Lipinski definition) is 4. The quantitative estimate of drug-likeness (QED) is 0.620. The maximum Gasteiger partial charge on any atom is 0.191 e. The molecule has 4 nitrogen and oxygen atoms in total. The van der Waals surface area contributed by atoms with E-state index in [9.17, 15) is 4.79 Å². The molecule has 1 aliphatic rings. The second kappa shape index (κ2) is 5.17. The predicted molar refractivity (Wildman–Crippen MR) is 74.4 cm³/mol. The molecule has 1 aromatic heterocycles. The molecule has 0 saturated heterocycles. The summed E-state index contributed by atoms with van der Waals surface area (Å²) < 4.78 is 2.08. The molecule has 5 heteroatoms. The van der Waals surface area contributed by atoms with E-state index in [1.165, 1.54) is 24.6 Å². The van der Waals surface area contributed by atoms with Crippen molar-refractivity contribution in [3.05, 3.63) is 42.2 Å². The maximum absolute atomic E-state index is 12.3. The van der Waals surface area contributed by atoms with Crippen LogP contribution in [0.25, 0.3) is 0 Å². The Morgan fingerprint density at radius 3 is 2.79 bits per heavy atom. The van der Waals surface area contributed by atoms with Gasteiger partial charge < -0.3 is 4.57 Å². The van der Waals surface area contributed by atoms with Gasteiger partial charge in [-0.15, -0.1) is 10.2 Å². The van der Waals surface area contributed by atoms with Crippen LogP contribution in [0.3, 0.4) is 0 Å². The zero-order valence-electron chi connectivity index (χ0n) is 10.7. The zero-order valence-corrected chi connectivity index (χ0v) is 11.5. The van der Waals surface area contributed by atoms with Crippen LogP contribution in [0.1, 0.15) is 36.2 Å². The highest BCUT2D eigenvalue weighted by molar-refractivity contribution is 8.00. The van der Waals surface area contributed by atoms with E-state index in [2.05, 4.69) is 14.8 Å². The van der Waals surface area contributed by atoms with Crippen LogP contribution in [0.2, 0.25) is 0 Å². The molecule has 1 aromatic carbocycles. The smallest absolute Gasteiger partial charge is 0.191 e. The van der Waals surface area contributed by atoms with Crippen LogP contribution in [0.5, 0.6) is 0 Å². The zero-order chi connectivity index (χ0) is 13.2. The maximum atomic E-state index is 12.3. The minimum atomic E-state index is -0.149. The van der Waals surface area contributed by atoms with Crippen LogP contribution >= 0.6 is 11.8 Å². The standard InChI is InChI=1S/C14H15N3OS/c1-10(13(18)11-5-3-2-4-6-11)19-14-16-15-9-17(14)12-7-8-12/h2-6,9-10,12H,7-8H2,1H3. The molecule has 1 saturated carbocycles. The van der Waals surface area contributed by atoms with Crippen molar-refractivity contribution in [3.8, 4) is 0 Å². The van der Waals surface area contributed by atoms with E-state index >= 15 is 0 Å². The van der Waals surface area contributed by atoms with Gasteiger partial charge in [0.1, 0.15) is 6.33 Å². The molecule has 0 amide bonds. The Bertz CT molecular complexity index is 577. The topological polar surface area (TPSA) is 47.8 Å². The number of thioether (sulfide) groups is 1. The monoisotopic (exact) mass is 273 g/mol. The second-order valence-corrected chi connectivity index (χ2v) is 6.05. The van der Waals surface area contributed by atoms with Crippen molar-refractivity contribution in [2.75, 3.05) is 0 Å². The number of rotatable bonds is 5. The molecule has 1 atom stereocenters. The van der Waals surface area contributed by atoms with Gasteiger partial charge in [-0.05, 0) is 19.8 Å². The molecule has 2 aromatic rings. The summed E-state index contributed by atoms with van der Waals surface area (Å²) in [5, 5.41) is 8.76. The lowest BCUT2D eigenvalue weighted by Gasteiger charge is -2.10. The molecule has 0 radical (unpaired) electrons. The van der Waals surface area contributed by atoms with Gasteiger partial charge in [0.15, 0.2) is 10.9 Å². The highest BCUT2D eigenvalue weighted by atomic mass is 32.2. The summed E-state index contributed by atoms with van der Waals surface area (Å²) >= 11 is 1.49. The van der Waals surface area contributed by atoms with Gasteiger partial charge in [0, 0.05) is 11.6 Å². The van der Waals surface area contributed by atoms with Gasteiger partial charge in [0.25, 0.3) is 0 Å². The van der Waals surface area contributed by atoms with Gasteiger partial charge in [-0.2, -0.15) is 0 Å². The van der Waals surface area contributed by atoms with Gasteiger partial charge in [0.05, 0.1) is 5.25 Å². The fraction of sp³-hybridized carbons (Fsp3) is 0.357. The normalized spacial score (nSPS) is 16.3. The molecule has 0 spiro atoms. The number of carbonyl (C=O) groups excluding carboxylic acids is 1. The van der Waals surface area contributed by atoms with Gasteiger partial charge in [0.2, 0.25) is 0 Å². The summed E-state index contributed by atoms with van der Waals surface area (Å²) in [4.78, 5) is 12.3. The van der Waals surface area contributed by atoms with Crippen molar-refractivity contribution in [2.24, 2.45) is 0 Å². The Kier molecular flexibility index (Phi) is 3.38. The van der Waals surface area contributed by atoms with E-state index < -0.39 is 0 Å². The number of carbonyl (C=O) groups is 1. The van der Waals surface area contributed by atoms with E-state index in [0.717, 1.165) is 10.7 Å². The average molecular weight is 273 g/mol. The van der Waals surface area contributed by atoms with E-state index in [4.69, 9.17) is 0 Å². The molecule has 19 heavy (non-hydrogen) atoms. The Morgan fingerprint density at radius 1 is 1.37 bits per heavy atom. The first kappa shape index (κ1) is 12.4. The Hall–Kier alpha value is -1.62. The molecular formula is C14H15N3OS. The lowest BCUT2D eigenvalue weighted by Crippen LogP contribution is -2.14. The van der Waals surface area contributed by atoms with Crippen LogP contribution < -0.4 is 0 Å². The van der Waals surface area contributed by atoms with E-state index in [1.54, 1.807) is 6.33 Å². The van der Waals surface area contributed by atoms with Crippen LogP contribution in [0.15, 0.2) is 41.8 Å². The van der Waals surface area contributed by atoms with Crippen LogP contribution in [-0.2, 0) is 0 Å². The first-order valence-corrected chi connectivity index (χ1v) is 7.29. The molecule has 1 aliphatic carbocycles. The third kappa shape index (κ3) is 2.71. The summed E-state index contributed by atoms with van der Waals surface area (Å²) in [5.41, 5.74) is 0.750. The van der Waals surface area contributed by atoms with Crippen molar-refractivity contribution < 1.29 is 4.79 Å². The predicted octanol–water partition coefficient (Wildman–Crippen LogP) is 2.98. The number of benzene rings is 1. The molecule has 0 bridgehead atoms. The summed E-state index contributed by atoms with van der Waals surface area (Å²) in [6.45, 7) is 1.92. The summed E-state index contributed by atoms with van der Waals surface area (Å²) in [6.07, 6.45) is 4.14. The third-order valence-corrected chi connectivity index (χ3v) is 4.26. The van der Waals surface area contributed by atoms with Crippen molar-refractivity contribution in [1.29, 1.82) is 0 Å². The first-order valence-electron chi connectivity index (χ1n) is 6.41. The first-order chi connectivity index (χ1) is 9.25. The molecule has 1 heterocycles. The minimum Gasteiger partial charge on any atom is -0.306 e. The van der Waals surface area contributed by atoms with Gasteiger partial charge in [-0.25, -0.2) is 0 Å². The fourth-order valence-corrected chi connectivity index (χ4v) is 2.94. The molecule has 1 unspecified atom stereocenters. The number of nitrogens with zero attached hydrogens (tertiary/aromatic N) is 3. The van der Waals surface area contributed by atoms with Gasteiger partial charge in [-0.1, -0.05) is 42.1 Å². The molecule has 0 aliphatic heterocycles. The lowest BCUT2D eigenvalue weighted by atomic mass is 10.1. The van der Waals surface area contributed by atoms with E-state index in [-0.39, 0.29) is 11.0 Å². The summed E-state index contributed by atoms with van der Waals surface area (Å²) in [5.74, 6) is 0.135. The Morgan fingerprint density at radius 2 is 2.11 bits per heavy atom. The highest BCUT2D eigenvalue weighted by Crippen LogP contribution is 2.38. The van der Waals surface area contributed by atoms with Crippen LogP contribution in [0, 0.1) is 0 Å². The highest BCUT2D eigenvalue weighted by Gasteiger charge is 2.28. The van der Waals surface area contributed by atoms with Gasteiger partial charge in [-0.3, -0.25) is 4.79 Å². The lowest BCUT2D eigenvalue weighted by molar-refractivity contribution is 0.0994. The van der Waals surface area contributed by atoms with Gasteiger partial charge >= 0.3 is 0 Å².